The third-order valence-corrected chi connectivity index (χ3v) is 2.28. The normalized spacial score (nSPS) is 29.7. The number of hydrogen-bond donors (Lipinski definition) is 0. The van der Waals surface area contributed by atoms with Crippen LogP contribution in [0.1, 0.15) is 26.2 Å². The van der Waals surface area contributed by atoms with E-state index in [0.717, 1.165) is 11.8 Å². The Bertz CT molecular complexity index is 133. The Morgan fingerprint density at radius 3 is 2.70 bits per heavy atom. The van der Waals surface area contributed by atoms with Gasteiger partial charge in [-0.05, 0) is 31.1 Å². The maximum Gasteiger partial charge on any atom is -0.0173 e. The fourth-order valence-corrected chi connectivity index (χ4v) is 1.35. The van der Waals surface area contributed by atoms with Gasteiger partial charge in [0.15, 0.2) is 0 Å². The molecule has 56 valence electrons. The molecule has 0 saturated carbocycles. The van der Waals surface area contributed by atoms with Gasteiger partial charge in [-0.3, -0.25) is 0 Å². The Hall–Kier alpha value is -0.520. The highest BCUT2D eigenvalue weighted by molar-refractivity contribution is 5.06. The van der Waals surface area contributed by atoms with Crippen LogP contribution >= 0.6 is 0 Å². The lowest BCUT2D eigenvalue weighted by Crippen LogP contribution is -2.14. The number of unbranched alkanes of at least 4 members (excludes halogenated alkanes) is 1. The van der Waals surface area contributed by atoms with E-state index in [0.29, 0.717) is 0 Å². The minimum absolute atomic E-state index is 0.838. The van der Waals surface area contributed by atoms with Crippen LogP contribution in [0.4, 0.5) is 0 Å². The van der Waals surface area contributed by atoms with Crippen LogP contribution in [-0.4, -0.2) is 0 Å². The van der Waals surface area contributed by atoms with Crippen LogP contribution in [0.3, 0.4) is 0 Å². The Kier molecular flexibility index (Phi) is 2.73. The molecule has 0 aromatic heterocycles. The summed E-state index contributed by atoms with van der Waals surface area (Å²) >= 11 is 0. The molecule has 0 N–H and O–H groups in total. The summed E-state index contributed by atoms with van der Waals surface area (Å²) in [5, 5.41) is 0. The molecule has 0 fully saturated rings. The highest BCUT2D eigenvalue weighted by Gasteiger charge is 2.17. The minimum Gasteiger partial charge on any atom is -0.103 e. The summed E-state index contributed by atoms with van der Waals surface area (Å²) in [5.41, 5.74) is 0. The molecule has 1 aliphatic carbocycles. The predicted octanol–water partition coefficient (Wildman–Crippen LogP) is 3.16. The topological polar surface area (TPSA) is 0 Å². The Morgan fingerprint density at radius 1 is 1.50 bits per heavy atom. The third kappa shape index (κ3) is 1.73. The molecule has 1 rings (SSSR count). The fraction of sp³-hybridized carbons (Fsp3) is 0.600. The summed E-state index contributed by atoms with van der Waals surface area (Å²) in [5.74, 6) is 1.71. The molecular weight excluding hydrogens is 120 g/mol. The van der Waals surface area contributed by atoms with Gasteiger partial charge in [-0.25, -0.2) is 0 Å². The van der Waals surface area contributed by atoms with Crippen molar-refractivity contribution in [3.05, 3.63) is 24.8 Å². The summed E-state index contributed by atoms with van der Waals surface area (Å²) < 4.78 is 0. The van der Waals surface area contributed by atoms with E-state index in [1.165, 1.54) is 19.3 Å². The Labute approximate surface area is 63.6 Å². The summed E-state index contributed by atoms with van der Waals surface area (Å²) in [6, 6.07) is 0. The molecule has 2 atom stereocenters. The predicted molar refractivity (Wildman–Crippen MR) is 45.8 cm³/mol. The molecule has 0 saturated heterocycles. The second-order valence-corrected chi connectivity index (χ2v) is 3.13. The van der Waals surface area contributed by atoms with E-state index >= 15 is 0 Å². The smallest absolute Gasteiger partial charge is 0.0173 e. The zero-order valence-electron chi connectivity index (χ0n) is 6.72. The van der Waals surface area contributed by atoms with Gasteiger partial charge in [-0.1, -0.05) is 25.2 Å². The molecule has 2 unspecified atom stereocenters. The Morgan fingerprint density at radius 2 is 2.30 bits per heavy atom. The molecule has 0 heterocycles. The SMILES string of the molecule is C=CCCCC1C=CC1C. The monoisotopic (exact) mass is 136 g/mol. The average Bonchev–Trinajstić information content (AvgIpc) is 1.95. The summed E-state index contributed by atoms with van der Waals surface area (Å²) in [4.78, 5) is 0. The maximum atomic E-state index is 3.70. The first-order valence-electron chi connectivity index (χ1n) is 4.14. The van der Waals surface area contributed by atoms with E-state index in [9.17, 15) is 0 Å². The van der Waals surface area contributed by atoms with Gasteiger partial charge < -0.3 is 0 Å². The van der Waals surface area contributed by atoms with Crippen LogP contribution in [0.15, 0.2) is 24.8 Å². The van der Waals surface area contributed by atoms with Crippen molar-refractivity contribution in [1.29, 1.82) is 0 Å². The van der Waals surface area contributed by atoms with Crippen LogP contribution < -0.4 is 0 Å². The zero-order chi connectivity index (χ0) is 7.40. The summed E-state index contributed by atoms with van der Waals surface area (Å²) in [6.07, 6.45) is 10.5. The van der Waals surface area contributed by atoms with Crippen molar-refractivity contribution >= 4 is 0 Å². The summed E-state index contributed by atoms with van der Waals surface area (Å²) in [7, 11) is 0. The molecule has 1 aliphatic rings. The van der Waals surface area contributed by atoms with Crippen LogP contribution in [0.2, 0.25) is 0 Å². The maximum absolute atomic E-state index is 3.70. The Balaban J connectivity index is 2.04. The van der Waals surface area contributed by atoms with E-state index in [-0.39, 0.29) is 0 Å². The first-order chi connectivity index (χ1) is 4.84. The van der Waals surface area contributed by atoms with Crippen molar-refractivity contribution in [2.24, 2.45) is 11.8 Å². The van der Waals surface area contributed by atoms with Gasteiger partial charge in [0.2, 0.25) is 0 Å². The summed E-state index contributed by atoms with van der Waals surface area (Å²) in [6.45, 7) is 5.99. The van der Waals surface area contributed by atoms with Crippen LogP contribution in [0, 0.1) is 11.8 Å². The second-order valence-electron chi connectivity index (χ2n) is 3.13. The van der Waals surface area contributed by atoms with Gasteiger partial charge in [0.25, 0.3) is 0 Å². The molecule has 0 heteroatoms. The van der Waals surface area contributed by atoms with Crippen LogP contribution in [0.25, 0.3) is 0 Å². The van der Waals surface area contributed by atoms with E-state index in [1.54, 1.807) is 0 Å². The first kappa shape index (κ1) is 7.59. The molecule has 0 bridgehead atoms. The van der Waals surface area contributed by atoms with Gasteiger partial charge >= 0.3 is 0 Å². The average molecular weight is 136 g/mol. The molecule has 0 amide bonds. The van der Waals surface area contributed by atoms with Gasteiger partial charge in [-0.2, -0.15) is 0 Å². The van der Waals surface area contributed by atoms with Gasteiger partial charge in [0.05, 0.1) is 0 Å². The standard InChI is InChI=1S/C10H16/c1-3-4-5-6-10-8-7-9(10)2/h3,7-10H,1,4-6H2,2H3. The van der Waals surface area contributed by atoms with E-state index in [4.69, 9.17) is 0 Å². The molecule has 0 aromatic rings. The zero-order valence-corrected chi connectivity index (χ0v) is 6.72. The largest absolute Gasteiger partial charge is 0.103 e. The highest BCUT2D eigenvalue weighted by atomic mass is 14.2. The molecular formula is C10H16. The lowest BCUT2D eigenvalue weighted by atomic mass is 9.80. The number of rotatable bonds is 4. The quantitative estimate of drug-likeness (QED) is 0.411. The molecule has 0 aromatic carbocycles. The number of allylic oxidation sites excluding steroid dienone is 3. The van der Waals surface area contributed by atoms with E-state index in [2.05, 4.69) is 25.7 Å². The van der Waals surface area contributed by atoms with Crippen molar-refractivity contribution in [2.75, 3.05) is 0 Å². The molecule has 0 radical (unpaired) electrons. The van der Waals surface area contributed by atoms with Crippen molar-refractivity contribution in [3.8, 4) is 0 Å². The van der Waals surface area contributed by atoms with Crippen LogP contribution in [-0.2, 0) is 0 Å². The molecule has 0 aliphatic heterocycles. The van der Waals surface area contributed by atoms with Crippen molar-refractivity contribution in [1.82, 2.24) is 0 Å². The van der Waals surface area contributed by atoms with E-state index < -0.39 is 0 Å². The van der Waals surface area contributed by atoms with Gasteiger partial charge in [0.1, 0.15) is 0 Å². The molecule has 0 nitrogen and oxygen atoms in total. The lowest BCUT2D eigenvalue weighted by molar-refractivity contribution is 0.419. The van der Waals surface area contributed by atoms with Crippen molar-refractivity contribution < 1.29 is 0 Å². The van der Waals surface area contributed by atoms with Crippen molar-refractivity contribution in [3.63, 3.8) is 0 Å². The second kappa shape index (κ2) is 3.60. The van der Waals surface area contributed by atoms with Crippen LogP contribution in [0.5, 0.6) is 0 Å². The third-order valence-electron chi connectivity index (χ3n) is 2.28. The molecule has 10 heavy (non-hydrogen) atoms. The highest BCUT2D eigenvalue weighted by Crippen LogP contribution is 2.29. The number of hydrogen-bond acceptors (Lipinski definition) is 0. The van der Waals surface area contributed by atoms with Gasteiger partial charge in [0, 0.05) is 0 Å². The first-order valence-corrected chi connectivity index (χ1v) is 4.14. The van der Waals surface area contributed by atoms with Gasteiger partial charge in [-0.15, -0.1) is 6.58 Å². The minimum atomic E-state index is 0.838. The van der Waals surface area contributed by atoms with Crippen molar-refractivity contribution in [2.45, 2.75) is 26.2 Å². The molecule has 0 spiro atoms. The lowest BCUT2D eigenvalue weighted by Gasteiger charge is -2.25. The van der Waals surface area contributed by atoms with E-state index in [1.807, 2.05) is 6.08 Å². The fourth-order valence-electron chi connectivity index (χ4n) is 1.35.